The van der Waals surface area contributed by atoms with Crippen LogP contribution < -0.4 is 4.83 Å². The molecule has 0 radical (unpaired) electrons. The Hall–Kier alpha value is -1.92. The maximum atomic E-state index is 14.4. The molecule has 3 rings (SSSR count). The smallest absolute Gasteiger partial charge is 0.206 e. The minimum atomic E-state index is -3.92. The van der Waals surface area contributed by atoms with E-state index >= 15 is 0 Å². The van der Waals surface area contributed by atoms with Gasteiger partial charge in [-0.1, -0.05) is 29.7 Å². The van der Waals surface area contributed by atoms with E-state index in [4.69, 9.17) is 11.6 Å². The largest absolute Gasteiger partial charge is 0.277 e. The quantitative estimate of drug-likeness (QED) is 0.737. The Morgan fingerprint density at radius 2 is 1.77 bits per heavy atom. The van der Waals surface area contributed by atoms with Crippen LogP contribution in [-0.4, -0.2) is 14.1 Å². The summed E-state index contributed by atoms with van der Waals surface area (Å²) in [5.74, 6) is -0.571. The summed E-state index contributed by atoms with van der Waals surface area (Å²) in [6.45, 7) is 1.82. The van der Waals surface area contributed by atoms with Crippen molar-refractivity contribution in [1.82, 2.24) is 4.83 Å². The van der Waals surface area contributed by atoms with E-state index in [1.165, 1.54) is 24.3 Å². The average Bonchev–Trinajstić information content (AvgIpc) is 2.61. The van der Waals surface area contributed by atoms with Gasteiger partial charge in [0.05, 0.1) is 4.90 Å². The van der Waals surface area contributed by atoms with E-state index in [9.17, 15) is 12.8 Å². The summed E-state index contributed by atoms with van der Waals surface area (Å²) in [7, 11) is -3.92. The van der Waals surface area contributed by atoms with Crippen molar-refractivity contribution in [2.75, 3.05) is 0 Å². The Bertz CT molecular complexity index is 950. The van der Waals surface area contributed by atoms with Crippen LogP contribution in [0, 0.1) is 12.7 Å². The van der Waals surface area contributed by atoms with E-state index < -0.39 is 15.8 Å². The molecule has 0 atom stereocenters. The van der Waals surface area contributed by atoms with Crippen LogP contribution in [0.2, 0.25) is 5.02 Å². The Kier molecular flexibility index (Phi) is 5.63. The van der Waals surface area contributed by atoms with Gasteiger partial charge in [0.15, 0.2) is 0 Å². The summed E-state index contributed by atoms with van der Waals surface area (Å²) >= 11 is 5.81. The van der Waals surface area contributed by atoms with Crippen molar-refractivity contribution in [3.63, 3.8) is 0 Å². The van der Waals surface area contributed by atoms with Gasteiger partial charge in [0.25, 0.3) is 10.0 Å². The Morgan fingerprint density at radius 3 is 2.46 bits per heavy atom. The highest BCUT2D eigenvalue weighted by Crippen LogP contribution is 2.31. The molecular formula is C19H20ClFN2O2S. The molecule has 7 heteroatoms. The van der Waals surface area contributed by atoms with Crippen LogP contribution in [0.3, 0.4) is 0 Å². The van der Waals surface area contributed by atoms with E-state index in [1.807, 2.05) is 6.92 Å². The molecule has 2 aromatic carbocycles. The van der Waals surface area contributed by atoms with Crippen LogP contribution in [0.4, 0.5) is 4.39 Å². The second-order valence-electron chi connectivity index (χ2n) is 6.46. The molecule has 1 aliphatic rings. The van der Waals surface area contributed by atoms with Gasteiger partial charge in [0.2, 0.25) is 0 Å². The first kappa shape index (κ1) is 18.9. The van der Waals surface area contributed by atoms with E-state index in [0.29, 0.717) is 0 Å². The van der Waals surface area contributed by atoms with Crippen molar-refractivity contribution < 1.29 is 12.8 Å². The van der Waals surface area contributed by atoms with Gasteiger partial charge in [0.1, 0.15) is 5.82 Å². The highest BCUT2D eigenvalue weighted by Gasteiger charge is 2.21. The number of aryl methyl sites for hydroxylation is 1. The van der Waals surface area contributed by atoms with Crippen LogP contribution in [0.25, 0.3) is 11.1 Å². The van der Waals surface area contributed by atoms with Crippen LogP contribution in [0.5, 0.6) is 0 Å². The van der Waals surface area contributed by atoms with Crippen LogP contribution in [-0.2, 0) is 10.0 Å². The lowest BCUT2D eigenvalue weighted by molar-refractivity contribution is 0.583. The summed E-state index contributed by atoms with van der Waals surface area (Å²) < 4.78 is 40.0. The molecule has 2 aromatic rings. The summed E-state index contributed by atoms with van der Waals surface area (Å²) in [5, 5.41) is 4.34. The monoisotopic (exact) mass is 394 g/mol. The normalized spacial score (nSPS) is 15.0. The SMILES string of the molecule is Cc1ccc(S(=O)(=O)NN=C2CCCCC2)c(-c2ccc(Cl)cc2F)c1. The fourth-order valence-corrected chi connectivity index (χ4v) is 4.25. The molecule has 1 fully saturated rings. The zero-order chi connectivity index (χ0) is 18.7. The molecule has 0 bridgehead atoms. The Balaban J connectivity index is 2.01. The summed E-state index contributed by atoms with van der Waals surface area (Å²) in [6.07, 6.45) is 4.78. The predicted molar refractivity (Wildman–Crippen MR) is 102 cm³/mol. The maximum absolute atomic E-state index is 14.4. The van der Waals surface area contributed by atoms with Crippen molar-refractivity contribution >= 4 is 27.3 Å². The van der Waals surface area contributed by atoms with E-state index in [-0.39, 0.29) is 21.0 Å². The minimum Gasteiger partial charge on any atom is -0.206 e. The molecule has 0 spiro atoms. The molecule has 0 heterocycles. The number of halogens is 2. The van der Waals surface area contributed by atoms with Crippen molar-refractivity contribution in [3.8, 4) is 11.1 Å². The number of nitrogens with zero attached hydrogens (tertiary/aromatic N) is 1. The third-order valence-electron chi connectivity index (χ3n) is 4.40. The zero-order valence-corrected chi connectivity index (χ0v) is 16.0. The van der Waals surface area contributed by atoms with Crippen LogP contribution in [0.1, 0.15) is 37.7 Å². The lowest BCUT2D eigenvalue weighted by Gasteiger charge is -2.15. The number of hydrogen-bond acceptors (Lipinski definition) is 3. The van der Waals surface area contributed by atoms with Crippen molar-refractivity contribution in [2.24, 2.45) is 5.10 Å². The molecule has 4 nitrogen and oxygen atoms in total. The summed E-state index contributed by atoms with van der Waals surface area (Å²) in [5.41, 5.74) is 2.15. The molecule has 0 unspecified atom stereocenters. The predicted octanol–water partition coefficient (Wildman–Crippen LogP) is 5.05. The van der Waals surface area contributed by atoms with Gasteiger partial charge in [-0.3, -0.25) is 0 Å². The van der Waals surface area contributed by atoms with E-state index in [1.54, 1.807) is 12.1 Å². The number of hydrazone groups is 1. The number of rotatable bonds is 4. The lowest BCUT2D eigenvalue weighted by atomic mass is 9.99. The number of hydrogen-bond donors (Lipinski definition) is 1. The first-order valence-corrected chi connectivity index (χ1v) is 10.4. The van der Waals surface area contributed by atoms with E-state index in [0.717, 1.165) is 43.4 Å². The third kappa shape index (κ3) is 4.24. The van der Waals surface area contributed by atoms with Crippen molar-refractivity contribution in [1.29, 1.82) is 0 Å². The van der Waals surface area contributed by atoms with Gasteiger partial charge < -0.3 is 0 Å². The maximum Gasteiger partial charge on any atom is 0.277 e. The number of sulfonamides is 1. The molecule has 0 saturated heterocycles. The average molecular weight is 395 g/mol. The molecule has 1 saturated carbocycles. The first-order chi connectivity index (χ1) is 12.4. The highest BCUT2D eigenvalue weighted by molar-refractivity contribution is 7.89. The standard InChI is InChI=1S/C19H20ClFN2O2S/c1-13-7-10-19(17(11-13)16-9-8-14(20)12-18(16)21)26(24,25)23-22-15-5-3-2-4-6-15/h7-12,23H,2-6H2,1H3. The lowest BCUT2D eigenvalue weighted by Crippen LogP contribution is -2.22. The molecule has 0 aliphatic heterocycles. The van der Waals surface area contributed by atoms with Gasteiger partial charge in [-0.05, 0) is 62.9 Å². The summed E-state index contributed by atoms with van der Waals surface area (Å²) in [6, 6.07) is 8.99. The van der Waals surface area contributed by atoms with Gasteiger partial charge in [0, 0.05) is 21.9 Å². The highest BCUT2D eigenvalue weighted by atomic mass is 35.5. The van der Waals surface area contributed by atoms with Crippen LogP contribution >= 0.6 is 11.6 Å². The van der Waals surface area contributed by atoms with Gasteiger partial charge >= 0.3 is 0 Å². The van der Waals surface area contributed by atoms with E-state index in [2.05, 4.69) is 9.93 Å². The topological polar surface area (TPSA) is 58.5 Å². The minimum absolute atomic E-state index is 0.00974. The number of benzene rings is 2. The first-order valence-electron chi connectivity index (χ1n) is 8.50. The molecule has 1 aliphatic carbocycles. The molecule has 1 N–H and O–H groups in total. The van der Waals surface area contributed by atoms with Crippen LogP contribution in [0.15, 0.2) is 46.4 Å². The second-order valence-corrected chi connectivity index (χ2v) is 8.52. The molecular weight excluding hydrogens is 375 g/mol. The number of nitrogens with one attached hydrogen (secondary N) is 1. The second kappa shape index (κ2) is 7.76. The zero-order valence-electron chi connectivity index (χ0n) is 14.4. The summed E-state index contributed by atoms with van der Waals surface area (Å²) in [4.78, 5) is 2.31. The Morgan fingerprint density at radius 1 is 1.04 bits per heavy atom. The third-order valence-corrected chi connectivity index (χ3v) is 5.90. The van der Waals surface area contributed by atoms with Crippen molar-refractivity contribution in [2.45, 2.75) is 43.9 Å². The molecule has 138 valence electrons. The van der Waals surface area contributed by atoms with Gasteiger partial charge in [-0.2, -0.15) is 13.5 Å². The van der Waals surface area contributed by atoms with Crippen molar-refractivity contribution in [3.05, 3.63) is 52.8 Å². The molecule has 0 aromatic heterocycles. The fraction of sp³-hybridized carbons (Fsp3) is 0.316. The molecule has 0 amide bonds. The van der Waals surface area contributed by atoms with Gasteiger partial charge in [-0.25, -0.2) is 9.22 Å². The van der Waals surface area contributed by atoms with Gasteiger partial charge in [-0.15, -0.1) is 0 Å². The molecule has 26 heavy (non-hydrogen) atoms. The Labute approximate surface area is 158 Å². The fourth-order valence-electron chi connectivity index (χ4n) is 3.04.